The summed E-state index contributed by atoms with van der Waals surface area (Å²) in [5.74, 6) is 0.699. The van der Waals surface area contributed by atoms with Crippen molar-refractivity contribution < 1.29 is 0 Å². The molecule has 0 aliphatic heterocycles. The summed E-state index contributed by atoms with van der Waals surface area (Å²) in [7, 11) is 0. The molecule has 4 heteroatoms. The number of hydrogen-bond acceptors (Lipinski definition) is 2. The smallest absolute Gasteiger partial charge is 0.160 e. The first-order valence-corrected chi connectivity index (χ1v) is 25.7. The molecule has 15 rings (SSSR count). The van der Waals surface area contributed by atoms with Crippen LogP contribution < -0.4 is 0 Å². The number of hydrogen-bond donors (Lipinski definition) is 0. The summed E-state index contributed by atoms with van der Waals surface area (Å²) < 4.78 is 4.96. The summed E-state index contributed by atoms with van der Waals surface area (Å²) in [4.78, 5) is 10.3. The van der Waals surface area contributed by atoms with Crippen LogP contribution in [0.5, 0.6) is 0 Å². The van der Waals surface area contributed by atoms with Gasteiger partial charge in [-0.05, 0) is 93.5 Å². The topological polar surface area (TPSA) is 35.6 Å². The van der Waals surface area contributed by atoms with Gasteiger partial charge in [-0.25, -0.2) is 9.97 Å². The predicted octanol–water partition coefficient (Wildman–Crippen LogP) is 17.7. The molecule has 0 saturated heterocycles. The lowest BCUT2D eigenvalue weighted by atomic mass is 9.67. The summed E-state index contributed by atoms with van der Waals surface area (Å²) in [5, 5.41) is 4.85. The molecular formula is C71H46N4. The van der Waals surface area contributed by atoms with Gasteiger partial charge in [-0.1, -0.05) is 224 Å². The van der Waals surface area contributed by atoms with E-state index in [-0.39, 0.29) is 0 Å². The van der Waals surface area contributed by atoms with E-state index >= 15 is 0 Å². The summed E-state index contributed by atoms with van der Waals surface area (Å²) in [5.41, 5.74) is 20.9. The van der Waals surface area contributed by atoms with Crippen LogP contribution in [0, 0.1) is 0 Å². The molecule has 0 saturated carbocycles. The number of fused-ring (bicyclic) bond motifs is 10. The van der Waals surface area contributed by atoms with E-state index in [1.807, 2.05) is 24.3 Å². The molecule has 1 aliphatic carbocycles. The van der Waals surface area contributed by atoms with E-state index in [2.05, 4.69) is 264 Å². The van der Waals surface area contributed by atoms with Crippen molar-refractivity contribution in [1.82, 2.24) is 19.1 Å². The Morgan fingerprint density at radius 2 is 0.813 bits per heavy atom. The average Bonchev–Trinajstić information content (AvgIpc) is 4.20. The number of para-hydroxylation sites is 3. The van der Waals surface area contributed by atoms with Gasteiger partial charge in [0.1, 0.15) is 0 Å². The normalized spacial score (nSPS) is 12.6. The Kier molecular flexibility index (Phi) is 9.76. The van der Waals surface area contributed by atoms with Crippen LogP contribution in [-0.4, -0.2) is 19.1 Å². The number of benzene rings is 11. The van der Waals surface area contributed by atoms with Crippen LogP contribution in [0.1, 0.15) is 22.3 Å². The van der Waals surface area contributed by atoms with E-state index in [4.69, 9.17) is 9.97 Å². The van der Waals surface area contributed by atoms with Gasteiger partial charge < -0.3 is 9.13 Å². The summed E-state index contributed by atoms with van der Waals surface area (Å²) in [6.45, 7) is 0. The van der Waals surface area contributed by atoms with Crippen LogP contribution in [0.4, 0.5) is 0 Å². The highest BCUT2D eigenvalue weighted by atomic mass is 15.0. The van der Waals surface area contributed by atoms with Crippen LogP contribution in [0.25, 0.3) is 111 Å². The second-order valence-corrected chi connectivity index (χ2v) is 19.6. The lowest BCUT2D eigenvalue weighted by molar-refractivity contribution is 0.769. The van der Waals surface area contributed by atoms with E-state index in [1.54, 1.807) is 0 Å². The SMILES string of the molecule is c1ccc(-c2cc(-c3ccc(-c4cc5c(c6c4c4ccccc4n6-c4ccc6c(c4)c4ccccc4n6-c4ccccc4)-c4ccccc4C5(c4ccccc4)c4ccccc4)cc3)nc(-c3ccccc3)n2)cc1. The fraction of sp³-hybridized carbons (Fsp3) is 0.0141. The summed E-state index contributed by atoms with van der Waals surface area (Å²) in [6, 6.07) is 101. The Labute approximate surface area is 434 Å². The zero-order chi connectivity index (χ0) is 49.5. The van der Waals surface area contributed by atoms with Crippen LogP contribution in [0.3, 0.4) is 0 Å². The molecule has 0 fully saturated rings. The quantitative estimate of drug-likeness (QED) is 0.152. The van der Waals surface area contributed by atoms with Crippen molar-refractivity contribution in [2.75, 3.05) is 0 Å². The largest absolute Gasteiger partial charge is 0.309 e. The first-order chi connectivity index (χ1) is 37.2. The number of nitrogens with zero attached hydrogens (tertiary/aromatic N) is 4. The molecule has 350 valence electrons. The fourth-order valence-electron chi connectivity index (χ4n) is 12.4. The third-order valence-electron chi connectivity index (χ3n) is 15.6. The molecule has 1 aliphatic rings. The van der Waals surface area contributed by atoms with Crippen molar-refractivity contribution in [3.63, 3.8) is 0 Å². The fourth-order valence-corrected chi connectivity index (χ4v) is 12.4. The molecule has 0 spiro atoms. The highest BCUT2D eigenvalue weighted by Gasteiger charge is 2.48. The molecule has 75 heavy (non-hydrogen) atoms. The second kappa shape index (κ2) is 17.1. The molecule has 3 heterocycles. The van der Waals surface area contributed by atoms with Gasteiger partial charge in [0.05, 0.1) is 38.9 Å². The van der Waals surface area contributed by atoms with Crippen molar-refractivity contribution in [1.29, 1.82) is 0 Å². The van der Waals surface area contributed by atoms with Gasteiger partial charge in [-0.2, -0.15) is 0 Å². The van der Waals surface area contributed by atoms with Gasteiger partial charge in [0, 0.05) is 55.2 Å². The van der Waals surface area contributed by atoms with Gasteiger partial charge in [-0.3, -0.25) is 0 Å². The van der Waals surface area contributed by atoms with E-state index in [9.17, 15) is 0 Å². The maximum Gasteiger partial charge on any atom is 0.160 e. The van der Waals surface area contributed by atoms with Crippen LogP contribution >= 0.6 is 0 Å². The Morgan fingerprint density at radius 3 is 1.48 bits per heavy atom. The van der Waals surface area contributed by atoms with Crippen molar-refractivity contribution in [2.45, 2.75) is 5.41 Å². The first-order valence-electron chi connectivity index (χ1n) is 25.7. The zero-order valence-corrected chi connectivity index (χ0v) is 40.8. The number of rotatable bonds is 8. The highest BCUT2D eigenvalue weighted by Crippen LogP contribution is 2.60. The molecule has 0 amide bonds. The van der Waals surface area contributed by atoms with Crippen LogP contribution in [-0.2, 0) is 5.41 Å². The molecule has 3 aromatic heterocycles. The molecule has 11 aromatic carbocycles. The maximum absolute atomic E-state index is 5.23. The summed E-state index contributed by atoms with van der Waals surface area (Å²) in [6.07, 6.45) is 0. The standard InChI is InChI=1S/C71H46N4/c1-6-22-48(23-7-1)62-46-63(73-70(72-62)50-24-8-2-9-25-50)49-40-38-47(39-41-49)58-45-61-68(56-33-16-19-35-60(56)71(61,51-26-10-3-11-27-51)52-28-12-4-13-29-52)69-67(58)57-34-18-21-37-65(57)75(69)54-42-43-66-59(44-54)55-32-17-20-36-64(55)74(66)53-30-14-5-15-31-53/h1-46H. The Hall–Kier alpha value is -9.90. The van der Waals surface area contributed by atoms with Gasteiger partial charge >= 0.3 is 0 Å². The monoisotopic (exact) mass is 954 g/mol. The van der Waals surface area contributed by atoms with E-state index in [0.29, 0.717) is 5.82 Å². The van der Waals surface area contributed by atoms with Gasteiger partial charge in [-0.15, -0.1) is 0 Å². The first kappa shape index (κ1) is 42.8. The minimum Gasteiger partial charge on any atom is -0.309 e. The second-order valence-electron chi connectivity index (χ2n) is 19.6. The van der Waals surface area contributed by atoms with Crippen molar-refractivity contribution in [3.8, 4) is 67.5 Å². The van der Waals surface area contributed by atoms with Crippen molar-refractivity contribution in [3.05, 3.63) is 301 Å². The van der Waals surface area contributed by atoms with Crippen molar-refractivity contribution >= 4 is 43.6 Å². The van der Waals surface area contributed by atoms with E-state index in [0.717, 1.165) is 50.5 Å². The average molecular weight is 955 g/mol. The minimum absolute atomic E-state index is 0.631. The molecule has 0 N–H and O–H groups in total. The Bertz CT molecular complexity index is 4390. The van der Waals surface area contributed by atoms with Crippen LogP contribution in [0.2, 0.25) is 0 Å². The Balaban J connectivity index is 1.03. The van der Waals surface area contributed by atoms with Crippen molar-refractivity contribution in [2.24, 2.45) is 0 Å². The Morgan fingerprint density at radius 1 is 0.307 bits per heavy atom. The van der Waals surface area contributed by atoms with Gasteiger partial charge in [0.2, 0.25) is 0 Å². The molecule has 0 atom stereocenters. The molecule has 14 aromatic rings. The van der Waals surface area contributed by atoms with Gasteiger partial charge in [0.15, 0.2) is 5.82 Å². The lowest BCUT2D eigenvalue weighted by Crippen LogP contribution is -2.28. The molecule has 0 unspecified atom stereocenters. The highest BCUT2D eigenvalue weighted by molar-refractivity contribution is 6.22. The molecule has 0 bridgehead atoms. The van der Waals surface area contributed by atoms with E-state index < -0.39 is 5.41 Å². The predicted molar refractivity (Wildman–Crippen MR) is 310 cm³/mol. The zero-order valence-electron chi connectivity index (χ0n) is 40.8. The maximum atomic E-state index is 5.23. The third-order valence-corrected chi connectivity index (χ3v) is 15.6. The molecular weight excluding hydrogens is 909 g/mol. The van der Waals surface area contributed by atoms with Gasteiger partial charge in [0.25, 0.3) is 0 Å². The summed E-state index contributed by atoms with van der Waals surface area (Å²) >= 11 is 0. The number of aromatic nitrogens is 4. The lowest BCUT2D eigenvalue weighted by Gasteiger charge is -2.34. The van der Waals surface area contributed by atoms with Crippen LogP contribution in [0.15, 0.2) is 279 Å². The molecule has 0 radical (unpaired) electrons. The third kappa shape index (κ3) is 6.56. The minimum atomic E-state index is -0.631. The molecule has 4 nitrogen and oxygen atoms in total. The van der Waals surface area contributed by atoms with E-state index in [1.165, 1.54) is 77.0 Å².